The third-order valence-electron chi connectivity index (χ3n) is 5.19. The van der Waals surface area contributed by atoms with E-state index in [9.17, 15) is 43.8 Å². The van der Waals surface area contributed by atoms with Crippen LogP contribution in [0.15, 0.2) is 15.8 Å². The van der Waals surface area contributed by atoms with E-state index in [1.165, 1.54) is 20.0 Å². The lowest BCUT2D eigenvalue weighted by Gasteiger charge is -2.35. The lowest BCUT2D eigenvalue weighted by Crippen LogP contribution is -2.47. The fraction of sp³-hybridized carbons (Fsp3) is 0.750. The first-order valence-corrected chi connectivity index (χ1v) is 13.0. The van der Waals surface area contributed by atoms with Gasteiger partial charge in [-0.05, 0) is 13.8 Å². The number of nitrogens with zero attached hydrogens (tertiary/aromatic N) is 1. The largest absolute Gasteiger partial charge is 0.483 e. The van der Waals surface area contributed by atoms with Crippen LogP contribution in [0.1, 0.15) is 31.6 Å². The van der Waals surface area contributed by atoms with Crippen LogP contribution in [-0.2, 0) is 32.0 Å². The van der Waals surface area contributed by atoms with Crippen LogP contribution in [0, 0.1) is 6.92 Å². The molecule has 3 heterocycles. The molecule has 0 aromatic carbocycles. The summed E-state index contributed by atoms with van der Waals surface area (Å²) in [6.45, 7) is 2.05. The van der Waals surface area contributed by atoms with E-state index in [2.05, 4.69) is 18.3 Å². The first-order valence-electron chi connectivity index (χ1n) is 10.0. The van der Waals surface area contributed by atoms with E-state index in [0.717, 1.165) is 4.57 Å². The van der Waals surface area contributed by atoms with Gasteiger partial charge in [-0.1, -0.05) is 0 Å². The van der Waals surface area contributed by atoms with Crippen molar-refractivity contribution in [3.63, 3.8) is 0 Å². The third kappa shape index (κ3) is 6.69. The predicted octanol–water partition coefficient (Wildman–Crippen LogP) is -1.40. The molecular formula is C16H26N2O14P2. The standard InChI is InChI=1S/C16H26N2O14P2/c1-7-5-18(16(23)17-15(7)22)12-3-9(19)11(30-12)6-28-33(24,25)32-34(26,27)31-13-4-10(20)14(21)8(2)29-13/h5,8-14,19-21H,3-4,6H2,1-2H3,(H,24,25)(H,26,27)(H,17,22,23)/t8-,9+,10-,11-,12-,13-,14-/m1/s1. The molecule has 34 heavy (non-hydrogen) atoms. The molecule has 6 N–H and O–H groups in total. The molecular weight excluding hydrogens is 506 g/mol. The molecule has 2 unspecified atom stereocenters. The highest BCUT2D eigenvalue weighted by molar-refractivity contribution is 7.61. The van der Waals surface area contributed by atoms with Crippen LogP contribution < -0.4 is 11.2 Å². The Kier molecular flexibility index (Phi) is 8.35. The zero-order valence-electron chi connectivity index (χ0n) is 18.0. The number of aromatic amines is 1. The number of H-pyrrole nitrogens is 1. The van der Waals surface area contributed by atoms with Gasteiger partial charge in [0.1, 0.15) is 18.4 Å². The van der Waals surface area contributed by atoms with E-state index in [0.29, 0.717) is 0 Å². The topological polar surface area (TPSA) is 236 Å². The molecule has 2 fully saturated rings. The second-order valence-corrected chi connectivity index (χ2v) is 10.9. The van der Waals surface area contributed by atoms with Gasteiger partial charge in [0.05, 0.1) is 24.9 Å². The summed E-state index contributed by atoms with van der Waals surface area (Å²) >= 11 is 0. The van der Waals surface area contributed by atoms with E-state index >= 15 is 0 Å². The number of aliphatic hydroxyl groups is 3. The number of phosphoric acid groups is 2. The molecule has 0 spiro atoms. The highest BCUT2D eigenvalue weighted by atomic mass is 31.3. The molecule has 16 nitrogen and oxygen atoms in total. The summed E-state index contributed by atoms with van der Waals surface area (Å²) in [7, 11) is -10.5. The van der Waals surface area contributed by atoms with Crippen LogP contribution in [0.5, 0.6) is 0 Å². The zero-order chi connectivity index (χ0) is 25.4. The molecule has 0 aliphatic carbocycles. The quantitative estimate of drug-likeness (QED) is 0.211. The van der Waals surface area contributed by atoms with Gasteiger partial charge in [-0.15, -0.1) is 0 Å². The van der Waals surface area contributed by atoms with Crippen LogP contribution in [0.4, 0.5) is 0 Å². The van der Waals surface area contributed by atoms with E-state index in [4.69, 9.17) is 9.47 Å². The second-order valence-electron chi connectivity index (χ2n) is 7.90. The molecule has 2 aliphatic rings. The minimum atomic E-state index is -5.25. The average molecular weight is 532 g/mol. The summed E-state index contributed by atoms with van der Waals surface area (Å²) in [5, 5.41) is 29.5. The van der Waals surface area contributed by atoms with Crippen molar-refractivity contribution in [2.75, 3.05) is 6.61 Å². The van der Waals surface area contributed by atoms with E-state index in [1.54, 1.807) is 0 Å². The lowest BCUT2D eigenvalue weighted by molar-refractivity contribution is -0.220. The molecule has 1 aromatic heterocycles. The monoisotopic (exact) mass is 532 g/mol. The molecule has 2 aliphatic heterocycles. The van der Waals surface area contributed by atoms with Gasteiger partial charge >= 0.3 is 21.3 Å². The highest BCUT2D eigenvalue weighted by Gasteiger charge is 2.43. The summed E-state index contributed by atoms with van der Waals surface area (Å²) < 4.78 is 49.3. The minimum Gasteiger partial charge on any atom is -0.390 e. The molecule has 0 amide bonds. The molecule has 0 saturated carbocycles. The van der Waals surface area contributed by atoms with Gasteiger partial charge in [0, 0.05) is 24.6 Å². The smallest absolute Gasteiger partial charge is 0.390 e. The second kappa shape index (κ2) is 10.4. The minimum absolute atomic E-state index is 0.122. The van der Waals surface area contributed by atoms with Gasteiger partial charge in [0.15, 0.2) is 6.29 Å². The van der Waals surface area contributed by atoms with Crippen LogP contribution in [0.3, 0.4) is 0 Å². The van der Waals surface area contributed by atoms with Crippen molar-refractivity contribution in [3.05, 3.63) is 32.6 Å². The van der Waals surface area contributed by atoms with E-state index in [-0.39, 0.29) is 12.0 Å². The van der Waals surface area contributed by atoms with Crippen molar-refractivity contribution in [2.45, 2.75) is 69.7 Å². The number of aliphatic hydroxyl groups excluding tert-OH is 3. The number of nitrogens with one attached hydrogen (secondary N) is 1. The molecule has 18 heteroatoms. The van der Waals surface area contributed by atoms with Crippen molar-refractivity contribution >= 4 is 15.6 Å². The van der Waals surface area contributed by atoms with Gasteiger partial charge in [-0.25, -0.2) is 13.9 Å². The van der Waals surface area contributed by atoms with Crippen molar-refractivity contribution in [2.24, 2.45) is 0 Å². The number of aryl methyl sites for hydroxylation is 1. The summed E-state index contributed by atoms with van der Waals surface area (Å²) in [6.07, 6.45) is -7.90. The number of phosphoric ester groups is 2. The fourth-order valence-electron chi connectivity index (χ4n) is 3.42. The van der Waals surface area contributed by atoms with Crippen LogP contribution >= 0.6 is 15.6 Å². The number of ether oxygens (including phenoxy) is 2. The normalized spacial score (nSPS) is 35.6. The molecule has 3 rings (SSSR count). The Labute approximate surface area is 191 Å². The van der Waals surface area contributed by atoms with Gasteiger partial charge in [0.25, 0.3) is 5.56 Å². The van der Waals surface area contributed by atoms with Crippen molar-refractivity contribution in [3.8, 4) is 0 Å². The van der Waals surface area contributed by atoms with Crippen LogP contribution in [0.2, 0.25) is 0 Å². The van der Waals surface area contributed by atoms with Crippen molar-refractivity contribution in [1.82, 2.24) is 9.55 Å². The molecule has 9 atom stereocenters. The predicted molar refractivity (Wildman–Crippen MR) is 109 cm³/mol. The maximum atomic E-state index is 12.1. The van der Waals surface area contributed by atoms with Crippen LogP contribution in [-0.4, -0.2) is 78.1 Å². The Morgan fingerprint density at radius 2 is 1.79 bits per heavy atom. The Morgan fingerprint density at radius 1 is 1.12 bits per heavy atom. The molecule has 0 radical (unpaired) electrons. The number of rotatable bonds is 8. The van der Waals surface area contributed by atoms with Crippen molar-refractivity contribution < 1.29 is 57.1 Å². The van der Waals surface area contributed by atoms with Gasteiger partial charge in [0.2, 0.25) is 0 Å². The molecule has 2 saturated heterocycles. The summed E-state index contributed by atoms with van der Waals surface area (Å²) in [4.78, 5) is 45.1. The lowest BCUT2D eigenvalue weighted by atomic mass is 10.0. The maximum Gasteiger partial charge on any atom is 0.483 e. The number of hydrogen-bond donors (Lipinski definition) is 6. The first kappa shape index (κ1) is 27.3. The van der Waals surface area contributed by atoms with Crippen molar-refractivity contribution in [1.29, 1.82) is 0 Å². The third-order valence-corrected chi connectivity index (χ3v) is 7.82. The Bertz CT molecular complexity index is 1080. The summed E-state index contributed by atoms with van der Waals surface area (Å²) in [5.41, 5.74) is -1.17. The van der Waals surface area contributed by atoms with Crippen LogP contribution in [0.25, 0.3) is 0 Å². The zero-order valence-corrected chi connectivity index (χ0v) is 19.8. The Balaban J connectivity index is 1.56. The van der Waals surface area contributed by atoms with E-state index < -0.39 is 83.0 Å². The Morgan fingerprint density at radius 3 is 2.44 bits per heavy atom. The maximum absolute atomic E-state index is 12.1. The number of aromatic nitrogens is 2. The fourth-order valence-corrected chi connectivity index (χ4v) is 5.57. The van der Waals surface area contributed by atoms with Gasteiger partial charge < -0.3 is 34.6 Å². The van der Waals surface area contributed by atoms with Gasteiger partial charge in [-0.2, -0.15) is 4.31 Å². The number of hydrogen-bond acceptors (Lipinski definition) is 12. The first-order chi connectivity index (χ1) is 15.7. The molecule has 1 aromatic rings. The molecule has 0 bridgehead atoms. The SMILES string of the molecule is Cc1cn([C@H]2C[C@H](O)[C@@H](COP(=O)(O)OP(=O)(O)O[C@@H]3C[C@@H](O)[C@H](O)[C@@H](C)O3)O2)c(=O)[nH]c1=O. The summed E-state index contributed by atoms with van der Waals surface area (Å²) in [5.74, 6) is 0. The summed E-state index contributed by atoms with van der Waals surface area (Å²) in [6, 6.07) is 0. The molecule has 194 valence electrons. The average Bonchev–Trinajstić information content (AvgIpc) is 3.06. The van der Waals surface area contributed by atoms with E-state index in [1.807, 2.05) is 0 Å². The highest BCUT2D eigenvalue weighted by Crippen LogP contribution is 2.61. The van der Waals surface area contributed by atoms with Gasteiger partial charge in [-0.3, -0.25) is 23.4 Å². The Hall–Kier alpha value is -1.26.